The topological polar surface area (TPSA) is 86.9 Å². The average Bonchev–Trinajstić information content (AvgIpc) is 2.39. The summed E-state index contributed by atoms with van der Waals surface area (Å²) in [5.74, 6) is -1.02. The molecule has 2 aromatic heterocycles. The Morgan fingerprint density at radius 2 is 2.16 bits per heavy atom. The third-order valence-electron chi connectivity index (χ3n) is 2.42. The first-order valence-electron chi connectivity index (χ1n) is 5.34. The highest BCUT2D eigenvalue weighted by Gasteiger charge is 2.10. The molecular formula is C13H9N3O2S. The van der Waals surface area contributed by atoms with Crippen molar-refractivity contribution in [2.75, 3.05) is 0 Å². The highest BCUT2D eigenvalue weighted by molar-refractivity contribution is 7.99. The van der Waals surface area contributed by atoms with Gasteiger partial charge in [-0.2, -0.15) is 5.26 Å². The number of nitriles is 1. The standard InChI is InChI=1S/C13H9N3O2S/c1-8-4-5-15-12(10(8)6-14)19-11-3-2-9(7-16-11)13(17)18/h2-5,7H,1H3,(H,17,18). The summed E-state index contributed by atoms with van der Waals surface area (Å²) in [5, 5.41) is 19.0. The van der Waals surface area contributed by atoms with Crippen molar-refractivity contribution in [3.63, 3.8) is 0 Å². The Kier molecular flexibility index (Phi) is 3.78. The Hall–Kier alpha value is -2.39. The van der Waals surface area contributed by atoms with E-state index in [2.05, 4.69) is 16.0 Å². The Morgan fingerprint density at radius 1 is 1.37 bits per heavy atom. The number of pyridine rings is 2. The zero-order valence-corrected chi connectivity index (χ0v) is 10.8. The van der Waals surface area contributed by atoms with E-state index in [1.165, 1.54) is 24.0 Å². The molecule has 0 radical (unpaired) electrons. The van der Waals surface area contributed by atoms with Gasteiger partial charge < -0.3 is 5.11 Å². The van der Waals surface area contributed by atoms with Gasteiger partial charge in [0.2, 0.25) is 0 Å². The molecule has 94 valence electrons. The van der Waals surface area contributed by atoms with Gasteiger partial charge in [0, 0.05) is 12.4 Å². The molecule has 19 heavy (non-hydrogen) atoms. The number of carboxylic acids is 1. The lowest BCUT2D eigenvalue weighted by atomic mass is 10.2. The van der Waals surface area contributed by atoms with Crippen LogP contribution in [0.4, 0.5) is 0 Å². The molecule has 0 aromatic carbocycles. The quantitative estimate of drug-likeness (QED) is 0.922. The lowest BCUT2D eigenvalue weighted by Crippen LogP contribution is -1.97. The monoisotopic (exact) mass is 271 g/mol. The van der Waals surface area contributed by atoms with Gasteiger partial charge in [-0.3, -0.25) is 0 Å². The van der Waals surface area contributed by atoms with Crippen molar-refractivity contribution in [2.24, 2.45) is 0 Å². The third-order valence-corrected chi connectivity index (χ3v) is 3.37. The van der Waals surface area contributed by atoms with Crippen molar-refractivity contribution >= 4 is 17.7 Å². The fraction of sp³-hybridized carbons (Fsp3) is 0.0769. The second-order valence-corrected chi connectivity index (χ2v) is 4.72. The Labute approximate surface area is 113 Å². The van der Waals surface area contributed by atoms with Crippen LogP contribution in [0.3, 0.4) is 0 Å². The molecule has 0 fully saturated rings. The summed E-state index contributed by atoms with van der Waals surface area (Å²) in [5.41, 5.74) is 1.49. The van der Waals surface area contributed by atoms with Gasteiger partial charge in [-0.25, -0.2) is 14.8 Å². The Bertz CT molecular complexity index is 663. The molecule has 0 aliphatic rings. The molecule has 2 heterocycles. The molecule has 0 bridgehead atoms. The van der Waals surface area contributed by atoms with Crippen molar-refractivity contribution in [1.29, 1.82) is 5.26 Å². The number of aromatic nitrogens is 2. The van der Waals surface area contributed by atoms with Crippen LogP contribution in [0.1, 0.15) is 21.5 Å². The van der Waals surface area contributed by atoms with Gasteiger partial charge in [0.15, 0.2) is 0 Å². The van der Waals surface area contributed by atoms with Crippen molar-refractivity contribution in [1.82, 2.24) is 9.97 Å². The van der Waals surface area contributed by atoms with E-state index in [1.54, 1.807) is 18.3 Å². The number of nitrogens with zero attached hydrogens (tertiary/aromatic N) is 3. The highest BCUT2D eigenvalue weighted by atomic mass is 32.2. The minimum atomic E-state index is -1.02. The zero-order chi connectivity index (χ0) is 13.8. The number of aromatic carboxylic acids is 1. The van der Waals surface area contributed by atoms with Gasteiger partial charge in [-0.05, 0) is 42.4 Å². The maximum atomic E-state index is 10.7. The Morgan fingerprint density at radius 3 is 2.74 bits per heavy atom. The number of rotatable bonds is 3. The van der Waals surface area contributed by atoms with Gasteiger partial charge in [0.1, 0.15) is 16.1 Å². The molecule has 1 N–H and O–H groups in total. The first kappa shape index (κ1) is 13.1. The number of carboxylic acid groups (broad SMARTS) is 1. The summed E-state index contributed by atoms with van der Waals surface area (Å²) in [6, 6.07) is 6.94. The van der Waals surface area contributed by atoms with E-state index in [9.17, 15) is 4.79 Å². The van der Waals surface area contributed by atoms with Gasteiger partial charge in [0.25, 0.3) is 0 Å². The summed E-state index contributed by atoms with van der Waals surface area (Å²) in [7, 11) is 0. The number of hydrogen-bond donors (Lipinski definition) is 1. The molecule has 0 saturated carbocycles. The summed E-state index contributed by atoms with van der Waals surface area (Å²) in [6.45, 7) is 1.84. The summed E-state index contributed by atoms with van der Waals surface area (Å²) >= 11 is 1.24. The second-order valence-electron chi connectivity index (χ2n) is 3.71. The molecule has 0 aliphatic carbocycles. The molecule has 2 aromatic rings. The smallest absolute Gasteiger partial charge is 0.337 e. The lowest BCUT2D eigenvalue weighted by molar-refractivity contribution is 0.0696. The molecule has 0 amide bonds. The van der Waals surface area contributed by atoms with E-state index in [1.807, 2.05) is 6.92 Å². The first-order chi connectivity index (χ1) is 9.11. The molecule has 0 unspecified atom stereocenters. The molecule has 0 spiro atoms. The summed E-state index contributed by atoms with van der Waals surface area (Å²) in [4.78, 5) is 18.9. The van der Waals surface area contributed by atoms with Crippen LogP contribution in [0.25, 0.3) is 0 Å². The van der Waals surface area contributed by atoms with Gasteiger partial charge in [-0.15, -0.1) is 0 Å². The Balaban J connectivity index is 2.29. The summed E-state index contributed by atoms with van der Waals surface area (Å²) < 4.78 is 0. The predicted octanol–water partition coefficient (Wildman–Crippen LogP) is 2.51. The van der Waals surface area contributed by atoms with E-state index in [4.69, 9.17) is 10.4 Å². The molecule has 0 atom stereocenters. The highest BCUT2D eigenvalue weighted by Crippen LogP contribution is 2.28. The van der Waals surface area contributed by atoms with E-state index >= 15 is 0 Å². The van der Waals surface area contributed by atoms with Crippen LogP contribution in [0.5, 0.6) is 0 Å². The van der Waals surface area contributed by atoms with Gasteiger partial charge in [0.05, 0.1) is 11.1 Å². The van der Waals surface area contributed by atoms with Crippen molar-refractivity contribution in [2.45, 2.75) is 17.0 Å². The van der Waals surface area contributed by atoms with Crippen LogP contribution in [0.15, 0.2) is 40.6 Å². The maximum Gasteiger partial charge on any atom is 0.337 e. The molecule has 5 nitrogen and oxygen atoms in total. The van der Waals surface area contributed by atoms with Gasteiger partial charge in [-0.1, -0.05) is 0 Å². The SMILES string of the molecule is Cc1ccnc(Sc2ccc(C(=O)O)cn2)c1C#N. The van der Waals surface area contributed by atoms with Crippen molar-refractivity contribution in [3.8, 4) is 6.07 Å². The molecule has 2 rings (SSSR count). The van der Waals surface area contributed by atoms with Crippen LogP contribution < -0.4 is 0 Å². The van der Waals surface area contributed by atoms with Crippen molar-refractivity contribution in [3.05, 3.63) is 47.3 Å². The number of carbonyl (C=O) groups is 1. The largest absolute Gasteiger partial charge is 0.478 e. The molecule has 0 saturated heterocycles. The van der Waals surface area contributed by atoms with Crippen LogP contribution in [-0.2, 0) is 0 Å². The maximum absolute atomic E-state index is 10.7. The van der Waals surface area contributed by atoms with Crippen LogP contribution in [0.2, 0.25) is 0 Å². The van der Waals surface area contributed by atoms with E-state index in [0.717, 1.165) is 5.56 Å². The third kappa shape index (κ3) is 2.89. The van der Waals surface area contributed by atoms with Crippen molar-refractivity contribution < 1.29 is 9.90 Å². The zero-order valence-electron chi connectivity index (χ0n) is 9.99. The predicted molar refractivity (Wildman–Crippen MR) is 69.0 cm³/mol. The summed E-state index contributed by atoms with van der Waals surface area (Å²) in [6.07, 6.45) is 2.91. The minimum Gasteiger partial charge on any atom is -0.478 e. The molecule has 6 heteroatoms. The van der Waals surface area contributed by atoms with Crippen LogP contribution >= 0.6 is 11.8 Å². The average molecular weight is 271 g/mol. The number of hydrogen-bond acceptors (Lipinski definition) is 5. The molecule has 0 aliphatic heterocycles. The van der Waals surface area contributed by atoms with E-state index in [-0.39, 0.29) is 5.56 Å². The fourth-order valence-corrected chi connectivity index (χ4v) is 2.27. The fourth-order valence-electron chi connectivity index (χ4n) is 1.41. The van der Waals surface area contributed by atoms with Gasteiger partial charge >= 0.3 is 5.97 Å². The normalized spacial score (nSPS) is 9.89. The van der Waals surface area contributed by atoms with Crippen LogP contribution in [-0.4, -0.2) is 21.0 Å². The lowest BCUT2D eigenvalue weighted by Gasteiger charge is -2.04. The molecular weight excluding hydrogens is 262 g/mol. The van der Waals surface area contributed by atoms with E-state index in [0.29, 0.717) is 15.6 Å². The number of aryl methyl sites for hydroxylation is 1. The second kappa shape index (κ2) is 5.50. The van der Waals surface area contributed by atoms with E-state index < -0.39 is 5.97 Å². The minimum absolute atomic E-state index is 0.127. The first-order valence-corrected chi connectivity index (χ1v) is 6.16. The van der Waals surface area contributed by atoms with Crippen LogP contribution in [0, 0.1) is 18.3 Å².